The highest BCUT2D eigenvalue weighted by atomic mass is 15.0. The van der Waals surface area contributed by atoms with Crippen molar-refractivity contribution in [3.63, 3.8) is 0 Å². The normalized spacial score (nSPS) is 9.73. The second kappa shape index (κ2) is 6.68. The summed E-state index contributed by atoms with van der Waals surface area (Å²) in [6.45, 7) is 9.82. The van der Waals surface area contributed by atoms with E-state index in [1.54, 1.807) is 18.3 Å². The minimum absolute atomic E-state index is 0.641. The lowest BCUT2D eigenvalue weighted by Gasteiger charge is -2.01. The summed E-state index contributed by atoms with van der Waals surface area (Å²) in [5, 5.41) is 8.81. The highest BCUT2D eigenvalue weighted by molar-refractivity contribution is 5.63. The van der Waals surface area contributed by atoms with Crippen LogP contribution in [0, 0.1) is 11.3 Å². The zero-order chi connectivity index (χ0) is 16.1. The van der Waals surface area contributed by atoms with Crippen LogP contribution in [-0.4, -0.2) is 14.4 Å². The average molecular weight is 290 g/mol. The number of hydrogen-bond donors (Lipinski definition) is 0. The van der Waals surface area contributed by atoms with Crippen LogP contribution < -0.4 is 0 Å². The number of fused-ring (bicyclic) bond motifs is 1. The van der Waals surface area contributed by atoms with Gasteiger partial charge in [-0.3, -0.25) is 4.98 Å². The molecule has 1 aromatic carbocycles. The van der Waals surface area contributed by atoms with Crippen LogP contribution >= 0.6 is 0 Å². The van der Waals surface area contributed by atoms with Gasteiger partial charge in [0.25, 0.3) is 0 Å². The molecule has 4 heteroatoms. The topological polar surface area (TPSA) is 54.0 Å². The van der Waals surface area contributed by atoms with Crippen molar-refractivity contribution in [1.29, 1.82) is 5.26 Å². The maximum Gasteiger partial charge on any atom is 0.156 e. The quantitative estimate of drug-likeness (QED) is 0.706. The van der Waals surface area contributed by atoms with E-state index >= 15 is 0 Å². The second-order valence-corrected chi connectivity index (χ2v) is 4.63. The van der Waals surface area contributed by atoms with Crippen molar-refractivity contribution in [2.24, 2.45) is 0 Å². The summed E-state index contributed by atoms with van der Waals surface area (Å²) in [7, 11) is 0. The molecule has 0 saturated heterocycles. The van der Waals surface area contributed by atoms with Gasteiger partial charge in [-0.15, -0.1) is 0 Å². The molecule has 2 aromatic heterocycles. The minimum Gasteiger partial charge on any atom is -0.303 e. The molecule has 4 nitrogen and oxygen atoms in total. The Hall–Kier alpha value is -2.93. The van der Waals surface area contributed by atoms with E-state index in [9.17, 15) is 0 Å². The number of aromatic nitrogens is 3. The first-order valence-electron chi connectivity index (χ1n) is 7.18. The molecular formula is C18H18N4. The number of rotatable bonds is 2. The largest absolute Gasteiger partial charge is 0.303 e. The summed E-state index contributed by atoms with van der Waals surface area (Å²) in [4.78, 5) is 8.84. The molecule has 0 spiro atoms. The first-order chi connectivity index (χ1) is 10.7. The van der Waals surface area contributed by atoms with Crippen LogP contribution in [-0.2, 0) is 0 Å². The highest BCUT2D eigenvalue weighted by Crippen LogP contribution is 2.19. The Balaban J connectivity index is 0.000000847. The van der Waals surface area contributed by atoms with Crippen LogP contribution in [0.15, 0.2) is 49.4 Å². The lowest BCUT2D eigenvalue weighted by Crippen LogP contribution is -1.89. The van der Waals surface area contributed by atoms with Gasteiger partial charge >= 0.3 is 0 Å². The van der Waals surface area contributed by atoms with Crippen molar-refractivity contribution >= 4 is 11.2 Å². The number of nitriles is 1. The maximum absolute atomic E-state index is 8.81. The predicted octanol–water partition coefficient (Wildman–Crippen LogP) is 4.33. The molecule has 22 heavy (non-hydrogen) atoms. The van der Waals surface area contributed by atoms with Crippen LogP contribution in [0.25, 0.3) is 22.5 Å². The molecule has 0 aliphatic carbocycles. The zero-order valence-electron chi connectivity index (χ0n) is 13.0. The standard InChI is InChI=1S/C16H12N4.C2H6/c1-11(2)14-9-20-10-15(18-8-16(20)19-14)13-5-3-12(7-17)4-6-13;1-2/h3-6,8-10H,1H2,2H3;1-2H3. The number of imidazole rings is 1. The highest BCUT2D eigenvalue weighted by Gasteiger charge is 2.05. The molecule has 0 saturated carbocycles. The van der Waals surface area contributed by atoms with E-state index in [4.69, 9.17) is 5.26 Å². The summed E-state index contributed by atoms with van der Waals surface area (Å²) in [5.41, 5.74) is 5.03. The molecule has 110 valence electrons. The van der Waals surface area contributed by atoms with Crippen molar-refractivity contribution in [3.05, 3.63) is 60.7 Å². The molecule has 0 radical (unpaired) electrons. The molecule has 0 fully saturated rings. The summed E-state index contributed by atoms with van der Waals surface area (Å²) in [5.74, 6) is 0. The van der Waals surface area contributed by atoms with Gasteiger partial charge in [0.1, 0.15) is 0 Å². The van der Waals surface area contributed by atoms with Gasteiger partial charge in [-0.1, -0.05) is 32.6 Å². The molecule has 0 N–H and O–H groups in total. The smallest absolute Gasteiger partial charge is 0.156 e. The van der Waals surface area contributed by atoms with Crippen molar-refractivity contribution in [1.82, 2.24) is 14.4 Å². The third-order valence-electron chi connectivity index (χ3n) is 3.09. The molecule has 0 aliphatic rings. The summed E-state index contributed by atoms with van der Waals surface area (Å²) < 4.78 is 1.94. The van der Waals surface area contributed by atoms with Gasteiger partial charge in [0, 0.05) is 18.0 Å². The van der Waals surface area contributed by atoms with Gasteiger partial charge in [-0.25, -0.2) is 4.98 Å². The van der Waals surface area contributed by atoms with Crippen molar-refractivity contribution in [2.45, 2.75) is 20.8 Å². The first kappa shape index (κ1) is 15.5. The van der Waals surface area contributed by atoms with Crippen molar-refractivity contribution in [2.75, 3.05) is 0 Å². The van der Waals surface area contributed by atoms with E-state index in [1.807, 2.05) is 49.7 Å². The van der Waals surface area contributed by atoms with Gasteiger partial charge < -0.3 is 4.40 Å². The fraction of sp³-hybridized carbons (Fsp3) is 0.167. The monoisotopic (exact) mass is 290 g/mol. The van der Waals surface area contributed by atoms with Crippen LogP contribution in [0.2, 0.25) is 0 Å². The molecule has 0 bridgehead atoms. The number of hydrogen-bond acceptors (Lipinski definition) is 3. The summed E-state index contributed by atoms with van der Waals surface area (Å²) in [6, 6.07) is 9.46. The number of allylic oxidation sites excluding steroid dienone is 1. The SMILES string of the molecule is C=C(C)c1cn2cc(-c3ccc(C#N)cc3)ncc2n1.CC. The molecule has 0 atom stereocenters. The van der Waals surface area contributed by atoms with Gasteiger partial charge in [-0.2, -0.15) is 5.26 Å². The Kier molecular flexibility index (Phi) is 4.70. The fourth-order valence-corrected chi connectivity index (χ4v) is 1.97. The maximum atomic E-state index is 8.81. The second-order valence-electron chi connectivity index (χ2n) is 4.63. The van der Waals surface area contributed by atoms with E-state index in [2.05, 4.69) is 22.6 Å². The van der Waals surface area contributed by atoms with E-state index < -0.39 is 0 Å². The molecule has 3 rings (SSSR count). The Labute approximate surface area is 130 Å². The predicted molar refractivity (Wildman–Crippen MR) is 89.2 cm³/mol. The van der Waals surface area contributed by atoms with Crippen molar-refractivity contribution < 1.29 is 0 Å². The van der Waals surface area contributed by atoms with E-state index in [0.717, 1.165) is 28.2 Å². The van der Waals surface area contributed by atoms with Gasteiger partial charge in [0.2, 0.25) is 0 Å². The zero-order valence-corrected chi connectivity index (χ0v) is 13.0. The molecule has 3 aromatic rings. The van der Waals surface area contributed by atoms with Crippen LogP contribution in [0.5, 0.6) is 0 Å². The first-order valence-corrected chi connectivity index (χ1v) is 7.18. The van der Waals surface area contributed by atoms with Gasteiger partial charge in [-0.05, 0) is 24.6 Å². The third kappa shape index (κ3) is 3.04. The molecule has 2 heterocycles. The lowest BCUT2D eigenvalue weighted by molar-refractivity contribution is 1.13. The van der Waals surface area contributed by atoms with Gasteiger partial charge in [0.15, 0.2) is 5.65 Å². The Bertz CT molecular complexity index is 836. The Morgan fingerprint density at radius 1 is 1.18 bits per heavy atom. The van der Waals surface area contributed by atoms with Crippen molar-refractivity contribution in [3.8, 4) is 17.3 Å². The Morgan fingerprint density at radius 3 is 2.45 bits per heavy atom. The lowest BCUT2D eigenvalue weighted by atomic mass is 10.1. The summed E-state index contributed by atoms with van der Waals surface area (Å²) in [6.07, 6.45) is 5.60. The molecule has 0 aliphatic heterocycles. The van der Waals surface area contributed by atoms with Gasteiger partial charge in [0.05, 0.1) is 29.2 Å². The van der Waals surface area contributed by atoms with E-state index in [-0.39, 0.29) is 0 Å². The minimum atomic E-state index is 0.641. The molecular weight excluding hydrogens is 272 g/mol. The number of benzene rings is 1. The van der Waals surface area contributed by atoms with Crippen LogP contribution in [0.4, 0.5) is 0 Å². The van der Waals surface area contributed by atoms with E-state index in [1.165, 1.54) is 0 Å². The number of nitrogens with zero attached hydrogens (tertiary/aromatic N) is 4. The average Bonchev–Trinajstić information content (AvgIpc) is 3.00. The van der Waals surface area contributed by atoms with Crippen LogP contribution in [0.1, 0.15) is 32.0 Å². The van der Waals surface area contributed by atoms with Crippen LogP contribution in [0.3, 0.4) is 0 Å². The van der Waals surface area contributed by atoms with E-state index in [0.29, 0.717) is 5.56 Å². The third-order valence-corrected chi connectivity index (χ3v) is 3.09. The summed E-state index contributed by atoms with van der Waals surface area (Å²) >= 11 is 0. The molecule has 0 amide bonds. The molecule has 0 unspecified atom stereocenters. The fourth-order valence-electron chi connectivity index (χ4n) is 1.97. The Morgan fingerprint density at radius 2 is 1.86 bits per heavy atom.